The molecule has 1 aliphatic rings. The van der Waals surface area contributed by atoms with Crippen molar-refractivity contribution in [1.29, 1.82) is 0 Å². The van der Waals surface area contributed by atoms with E-state index in [-0.39, 0.29) is 24.4 Å². The minimum Gasteiger partial charge on any atom is -0.381 e. The second kappa shape index (κ2) is 18.0. The van der Waals surface area contributed by atoms with Gasteiger partial charge in [0.15, 0.2) is 0 Å². The topological polar surface area (TPSA) is 46.2 Å². The molecule has 0 spiro atoms. The van der Waals surface area contributed by atoms with Crippen molar-refractivity contribution in [2.75, 3.05) is 19.8 Å². The van der Waals surface area contributed by atoms with E-state index in [1.165, 1.54) is 0 Å². The summed E-state index contributed by atoms with van der Waals surface area (Å²) in [5.41, 5.74) is 3.45. The van der Waals surface area contributed by atoms with Gasteiger partial charge in [-0.2, -0.15) is 0 Å². The third-order valence-corrected chi connectivity index (χ3v) is 7.24. The van der Waals surface area contributed by atoms with Crippen LogP contribution >= 0.6 is 0 Å². The number of hydrogen-bond donors (Lipinski definition) is 0. The Hall–Kier alpha value is -2.54. The van der Waals surface area contributed by atoms with Crippen LogP contribution in [0.1, 0.15) is 62.1 Å². The third-order valence-electron chi connectivity index (χ3n) is 7.24. The van der Waals surface area contributed by atoms with Crippen LogP contribution in [0.3, 0.4) is 0 Å². The second-order valence-electron chi connectivity index (χ2n) is 10.6. The number of unbranched alkanes of at least 4 members (excludes halogenated alkanes) is 2. The van der Waals surface area contributed by atoms with Gasteiger partial charge in [-0.05, 0) is 36.0 Å². The predicted molar refractivity (Wildman–Crippen MR) is 159 cm³/mol. The number of ether oxygens (including phenoxy) is 5. The molecule has 0 amide bonds. The molecule has 0 aromatic heterocycles. The summed E-state index contributed by atoms with van der Waals surface area (Å²) in [7, 11) is 0. The highest BCUT2D eigenvalue weighted by Gasteiger charge is 2.40. The normalized spacial score (nSPS) is 20.9. The van der Waals surface area contributed by atoms with Gasteiger partial charge in [-0.1, -0.05) is 111 Å². The molecule has 0 saturated carbocycles. The highest BCUT2D eigenvalue weighted by atomic mass is 16.6. The summed E-state index contributed by atoms with van der Waals surface area (Å²) in [5.74, 6) is 0. The second-order valence-corrected chi connectivity index (χ2v) is 10.6. The molecule has 5 nitrogen and oxygen atoms in total. The van der Waals surface area contributed by atoms with Crippen molar-refractivity contribution in [3.05, 3.63) is 108 Å². The lowest BCUT2D eigenvalue weighted by Crippen LogP contribution is -2.52. The van der Waals surface area contributed by atoms with Crippen molar-refractivity contribution >= 4 is 0 Å². The highest BCUT2D eigenvalue weighted by Crippen LogP contribution is 2.30. The van der Waals surface area contributed by atoms with Gasteiger partial charge in [-0.15, -0.1) is 0 Å². The van der Waals surface area contributed by atoms with Gasteiger partial charge in [-0.3, -0.25) is 0 Å². The zero-order valence-corrected chi connectivity index (χ0v) is 24.0. The Labute approximate surface area is 240 Å². The molecule has 4 rings (SSSR count). The quantitative estimate of drug-likeness (QED) is 0.154. The van der Waals surface area contributed by atoms with E-state index in [1.807, 2.05) is 42.5 Å². The molecule has 4 unspecified atom stereocenters. The lowest BCUT2D eigenvalue weighted by atomic mass is 9.94. The van der Waals surface area contributed by atoms with Gasteiger partial charge in [0.1, 0.15) is 12.2 Å². The van der Waals surface area contributed by atoms with Crippen LogP contribution in [0, 0.1) is 0 Å². The van der Waals surface area contributed by atoms with E-state index in [4.69, 9.17) is 23.7 Å². The summed E-state index contributed by atoms with van der Waals surface area (Å²) < 4.78 is 31.7. The largest absolute Gasteiger partial charge is 0.381 e. The van der Waals surface area contributed by atoms with Crippen LogP contribution in [0.25, 0.3) is 0 Å². The summed E-state index contributed by atoms with van der Waals surface area (Å²) in [6.07, 6.45) is 5.82. The first-order valence-electron chi connectivity index (χ1n) is 15.0. The lowest BCUT2D eigenvalue weighted by molar-refractivity contribution is -0.221. The molecule has 216 valence electrons. The third kappa shape index (κ3) is 10.8. The highest BCUT2D eigenvalue weighted by molar-refractivity contribution is 5.15. The molecular weight excluding hydrogens is 500 g/mol. The standard InChI is InChI=1S/C35H46O5/c1-2-22-36-23-14-6-13-21-32-24-33(38-26-30-17-9-4-10-18-30)35(39-27-31-19-11-5-12-20-31)34(40-32)28-37-25-29-15-7-3-8-16-29/h3-5,7-12,15-20,32-35H,2,6,13-14,21-28H2,1H3. The summed E-state index contributed by atoms with van der Waals surface area (Å²) >= 11 is 0. The minimum absolute atomic E-state index is 0.0825. The fourth-order valence-corrected chi connectivity index (χ4v) is 5.12. The van der Waals surface area contributed by atoms with E-state index < -0.39 is 0 Å². The van der Waals surface area contributed by atoms with Gasteiger partial charge < -0.3 is 23.7 Å². The van der Waals surface area contributed by atoms with Crippen LogP contribution in [0.5, 0.6) is 0 Å². The molecule has 5 heteroatoms. The summed E-state index contributed by atoms with van der Waals surface area (Å²) in [5, 5.41) is 0. The molecule has 1 fully saturated rings. The zero-order chi connectivity index (χ0) is 27.7. The van der Waals surface area contributed by atoms with E-state index in [0.717, 1.165) is 68.4 Å². The number of benzene rings is 3. The Morgan fingerprint density at radius 2 is 1.25 bits per heavy atom. The monoisotopic (exact) mass is 546 g/mol. The molecule has 1 heterocycles. The molecule has 0 radical (unpaired) electrons. The van der Waals surface area contributed by atoms with Crippen LogP contribution in [0.4, 0.5) is 0 Å². The lowest BCUT2D eigenvalue weighted by Gasteiger charge is -2.41. The maximum absolute atomic E-state index is 6.69. The van der Waals surface area contributed by atoms with Crippen molar-refractivity contribution in [2.45, 2.75) is 89.7 Å². The van der Waals surface area contributed by atoms with Crippen molar-refractivity contribution in [3.8, 4) is 0 Å². The van der Waals surface area contributed by atoms with Crippen LogP contribution in [0.2, 0.25) is 0 Å². The molecule has 1 aliphatic heterocycles. The van der Waals surface area contributed by atoms with Gasteiger partial charge in [0, 0.05) is 19.6 Å². The molecule has 0 N–H and O–H groups in total. The van der Waals surface area contributed by atoms with E-state index >= 15 is 0 Å². The molecular formula is C35H46O5. The van der Waals surface area contributed by atoms with Gasteiger partial charge >= 0.3 is 0 Å². The Kier molecular flexibility index (Phi) is 13.7. The van der Waals surface area contributed by atoms with Crippen molar-refractivity contribution in [1.82, 2.24) is 0 Å². The summed E-state index contributed by atoms with van der Waals surface area (Å²) in [6.45, 7) is 5.90. The first-order valence-corrected chi connectivity index (χ1v) is 15.0. The zero-order valence-electron chi connectivity index (χ0n) is 24.0. The van der Waals surface area contributed by atoms with Crippen molar-refractivity contribution < 1.29 is 23.7 Å². The smallest absolute Gasteiger partial charge is 0.113 e. The predicted octanol–water partition coefficient (Wildman–Crippen LogP) is 7.52. The van der Waals surface area contributed by atoms with E-state index in [0.29, 0.717) is 26.4 Å². The summed E-state index contributed by atoms with van der Waals surface area (Å²) in [6, 6.07) is 30.9. The van der Waals surface area contributed by atoms with Crippen LogP contribution in [-0.4, -0.2) is 44.2 Å². The Morgan fingerprint density at radius 1 is 0.650 bits per heavy atom. The molecule has 1 saturated heterocycles. The number of rotatable bonds is 18. The molecule has 4 atom stereocenters. The SMILES string of the molecule is CCCOCCCCCC1CC(OCc2ccccc2)C(OCc2ccccc2)C(COCc2ccccc2)O1. The fraction of sp³-hybridized carbons (Fsp3) is 0.486. The molecule has 3 aromatic rings. The maximum Gasteiger partial charge on any atom is 0.113 e. The Bertz CT molecular complexity index is 1030. The summed E-state index contributed by atoms with van der Waals surface area (Å²) in [4.78, 5) is 0. The number of hydrogen-bond acceptors (Lipinski definition) is 5. The van der Waals surface area contributed by atoms with Crippen LogP contribution < -0.4 is 0 Å². The molecule has 40 heavy (non-hydrogen) atoms. The van der Waals surface area contributed by atoms with Crippen LogP contribution in [0.15, 0.2) is 91.0 Å². The first-order chi connectivity index (χ1) is 19.8. The molecule has 0 bridgehead atoms. The van der Waals surface area contributed by atoms with E-state index in [1.54, 1.807) is 0 Å². The van der Waals surface area contributed by atoms with Crippen molar-refractivity contribution in [3.63, 3.8) is 0 Å². The van der Waals surface area contributed by atoms with Crippen LogP contribution in [-0.2, 0) is 43.5 Å². The maximum atomic E-state index is 6.69. The average molecular weight is 547 g/mol. The average Bonchev–Trinajstić information content (AvgIpc) is 3.00. The Morgan fingerprint density at radius 3 is 1.88 bits per heavy atom. The first kappa shape index (κ1) is 30.4. The van der Waals surface area contributed by atoms with E-state index in [9.17, 15) is 0 Å². The van der Waals surface area contributed by atoms with Gasteiger partial charge in [0.05, 0.1) is 38.6 Å². The molecule has 3 aromatic carbocycles. The Balaban J connectivity index is 1.41. The van der Waals surface area contributed by atoms with E-state index in [2.05, 4.69) is 55.5 Å². The van der Waals surface area contributed by atoms with Gasteiger partial charge in [0.2, 0.25) is 0 Å². The fourth-order valence-electron chi connectivity index (χ4n) is 5.12. The minimum atomic E-state index is -0.224. The van der Waals surface area contributed by atoms with Gasteiger partial charge in [-0.25, -0.2) is 0 Å². The molecule has 0 aliphatic carbocycles. The van der Waals surface area contributed by atoms with Gasteiger partial charge in [0.25, 0.3) is 0 Å². The van der Waals surface area contributed by atoms with Crippen molar-refractivity contribution in [2.24, 2.45) is 0 Å².